The molecule has 0 atom stereocenters. The van der Waals surface area contributed by atoms with Crippen molar-refractivity contribution in [3.8, 4) is 0 Å². The van der Waals surface area contributed by atoms with Gasteiger partial charge < -0.3 is 14.1 Å². The summed E-state index contributed by atoms with van der Waals surface area (Å²) in [6.45, 7) is 1.46. The molecule has 1 N–H and O–H groups in total. The van der Waals surface area contributed by atoms with Gasteiger partial charge in [0.05, 0.1) is 21.8 Å². The second-order valence-electron chi connectivity index (χ2n) is 4.17. The van der Waals surface area contributed by atoms with Gasteiger partial charge in [0, 0.05) is 31.5 Å². The lowest BCUT2D eigenvalue weighted by molar-refractivity contribution is 0.584. The van der Waals surface area contributed by atoms with Crippen LogP contribution in [0.2, 0.25) is 0 Å². The molecule has 2 aromatic heterocycles. The van der Waals surface area contributed by atoms with Gasteiger partial charge in [-0.2, -0.15) is 0 Å². The molecule has 0 radical (unpaired) electrons. The Morgan fingerprint density at radius 1 is 1.37 bits per heavy atom. The van der Waals surface area contributed by atoms with E-state index in [4.69, 9.17) is 12.2 Å². The molecule has 0 saturated carbocycles. The summed E-state index contributed by atoms with van der Waals surface area (Å²) in [5, 5.41) is 0. The van der Waals surface area contributed by atoms with Crippen LogP contribution in [-0.2, 0) is 13.1 Å². The molecule has 0 aliphatic rings. The Morgan fingerprint density at radius 3 is 2.95 bits per heavy atom. The lowest BCUT2D eigenvalue weighted by Gasteiger charge is -2.05. The Labute approximate surface area is 122 Å². The number of nitrogens with one attached hydrogen (secondary N) is 1. The summed E-state index contributed by atoms with van der Waals surface area (Å²) in [5.41, 5.74) is 1.59. The summed E-state index contributed by atoms with van der Waals surface area (Å²) < 4.78 is 18.4. The van der Waals surface area contributed by atoms with Crippen LogP contribution in [-0.4, -0.2) is 19.1 Å². The van der Waals surface area contributed by atoms with Crippen LogP contribution < -0.4 is 0 Å². The molecule has 0 aliphatic heterocycles. The molecule has 19 heavy (non-hydrogen) atoms. The molecule has 0 amide bonds. The number of benzene rings is 1. The van der Waals surface area contributed by atoms with Crippen molar-refractivity contribution in [2.45, 2.75) is 13.1 Å². The van der Waals surface area contributed by atoms with Crippen molar-refractivity contribution in [1.82, 2.24) is 19.1 Å². The largest absolute Gasteiger partial charge is 0.336 e. The van der Waals surface area contributed by atoms with Gasteiger partial charge in [0.1, 0.15) is 5.82 Å². The zero-order chi connectivity index (χ0) is 13.4. The van der Waals surface area contributed by atoms with E-state index in [0.717, 1.165) is 12.1 Å². The van der Waals surface area contributed by atoms with Crippen LogP contribution in [0.5, 0.6) is 0 Å². The Bertz CT molecular complexity index is 775. The second-order valence-corrected chi connectivity index (χ2v) is 5.41. The molecule has 1 aromatic carbocycles. The molecule has 0 fully saturated rings. The highest BCUT2D eigenvalue weighted by molar-refractivity contribution is 9.10. The predicted octanol–water partition coefficient (Wildman–Crippen LogP) is 3.50. The zero-order valence-corrected chi connectivity index (χ0v) is 12.2. The first kappa shape index (κ1) is 12.6. The molecular formula is C12H10BrFN4S. The number of aromatic amines is 1. The average Bonchev–Trinajstić information content (AvgIpc) is 2.96. The van der Waals surface area contributed by atoms with Crippen molar-refractivity contribution in [3.05, 3.63) is 45.9 Å². The lowest BCUT2D eigenvalue weighted by Crippen LogP contribution is -2.05. The van der Waals surface area contributed by atoms with Crippen molar-refractivity contribution in [3.63, 3.8) is 0 Å². The highest BCUT2D eigenvalue weighted by Gasteiger charge is 2.08. The van der Waals surface area contributed by atoms with E-state index >= 15 is 0 Å². The monoisotopic (exact) mass is 340 g/mol. The maximum atomic E-state index is 13.5. The van der Waals surface area contributed by atoms with E-state index in [9.17, 15) is 4.39 Å². The third-order valence-corrected chi connectivity index (χ3v) is 3.89. The lowest BCUT2D eigenvalue weighted by atomic mass is 10.3. The topological polar surface area (TPSA) is 38.5 Å². The van der Waals surface area contributed by atoms with E-state index in [1.807, 2.05) is 15.3 Å². The van der Waals surface area contributed by atoms with Gasteiger partial charge in [-0.15, -0.1) is 0 Å². The summed E-state index contributed by atoms with van der Waals surface area (Å²) in [4.78, 5) is 7.01. The number of halogens is 2. The first-order valence-electron chi connectivity index (χ1n) is 5.68. The fourth-order valence-electron chi connectivity index (χ4n) is 2.01. The molecule has 3 rings (SSSR count). The van der Waals surface area contributed by atoms with Gasteiger partial charge in [-0.25, -0.2) is 9.37 Å². The van der Waals surface area contributed by atoms with Gasteiger partial charge in [0.25, 0.3) is 0 Å². The third-order valence-electron chi connectivity index (χ3n) is 2.96. The number of nitrogens with zero attached hydrogens (tertiary/aromatic N) is 3. The maximum absolute atomic E-state index is 13.5. The van der Waals surface area contributed by atoms with Gasteiger partial charge in [-0.1, -0.05) is 0 Å². The zero-order valence-electron chi connectivity index (χ0n) is 9.81. The van der Waals surface area contributed by atoms with Crippen molar-refractivity contribution in [2.24, 2.45) is 0 Å². The number of aryl methyl sites for hydroxylation is 2. The average molecular weight is 341 g/mol. The van der Waals surface area contributed by atoms with Crippen molar-refractivity contribution in [2.75, 3.05) is 0 Å². The summed E-state index contributed by atoms with van der Waals surface area (Å²) in [6.07, 6.45) is 5.39. The highest BCUT2D eigenvalue weighted by atomic mass is 79.9. The van der Waals surface area contributed by atoms with E-state index in [-0.39, 0.29) is 5.82 Å². The fourth-order valence-corrected chi connectivity index (χ4v) is 2.64. The molecular weight excluding hydrogens is 331 g/mol. The highest BCUT2D eigenvalue weighted by Crippen LogP contribution is 2.23. The molecule has 0 saturated heterocycles. The molecule has 0 bridgehead atoms. The van der Waals surface area contributed by atoms with Crippen LogP contribution in [0.3, 0.4) is 0 Å². The third kappa shape index (κ3) is 2.35. The smallest absolute Gasteiger partial charge is 0.178 e. The molecule has 4 nitrogen and oxygen atoms in total. The number of rotatable bonds is 3. The minimum atomic E-state index is -0.300. The summed E-state index contributed by atoms with van der Waals surface area (Å²) in [5.74, 6) is -0.300. The molecule has 2 heterocycles. The normalized spacial score (nSPS) is 11.3. The maximum Gasteiger partial charge on any atom is 0.178 e. The fraction of sp³-hybridized carbons (Fsp3) is 0.167. The van der Waals surface area contributed by atoms with Gasteiger partial charge in [-0.3, -0.25) is 0 Å². The summed E-state index contributed by atoms with van der Waals surface area (Å²) >= 11 is 8.48. The first-order valence-corrected chi connectivity index (χ1v) is 6.88. The second kappa shape index (κ2) is 4.90. The van der Waals surface area contributed by atoms with Crippen molar-refractivity contribution < 1.29 is 4.39 Å². The number of hydrogen-bond acceptors (Lipinski definition) is 2. The summed E-state index contributed by atoms with van der Waals surface area (Å²) in [6, 6.07) is 3.19. The number of fused-ring (bicyclic) bond motifs is 1. The van der Waals surface area contributed by atoms with Crippen LogP contribution in [0, 0.1) is 10.6 Å². The SMILES string of the molecule is Fc1cc2[nH]c(=S)n(CCn3ccnc3)c2cc1Br. The minimum Gasteiger partial charge on any atom is -0.336 e. The van der Waals surface area contributed by atoms with Crippen LogP contribution in [0.15, 0.2) is 35.3 Å². The van der Waals surface area contributed by atoms with Gasteiger partial charge in [-0.05, 0) is 34.2 Å². The Morgan fingerprint density at radius 2 is 2.21 bits per heavy atom. The van der Waals surface area contributed by atoms with E-state index in [1.165, 1.54) is 6.07 Å². The van der Waals surface area contributed by atoms with E-state index in [2.05, 4.69) is 25.9 Å². The van der Waals surface area contributed by atoms with Crippen molar-refractivity contribution >= 4 is 39.2 Å². The predicted molar refractivity (Wildman–Crippen MR) is 77.0 cm³/mol. The van der Waals surface area contributed by atoms with Crippen LogP contribution in [0.4, 0.5) is 4.39 Å². The Kier molecular flexibility index (Phi) is 3.24. The van der Waals surface area contributed by atoms with E-state index < -0.39 is 0 Å². The van der Waals surface area contributed by atoms with Crippen LogP contribution in [0.25, 0.3) is 11.0 Å². The quantitative estimate of drug-likeness (QED) is 0.741. The molecule has 0 unspecified atom stereocenters. The van der Waals surface area contributed by atoms with Gasteiger partial charge in [0.2, 0.25) is 0 Å². The number of hydrogen-bond donors (Lipinski definition) is 1. The molecule has 0 aliphatic carbocycles. The van der Waals surface area contributed by atoms with Crippen LogP contribution >= 0.6 is 28.1 Å². The van der Waals surface area contributed by atoms with Gasteiger partial charge >= 0.3 is 0 Å². The Hall–Kier alpha value is -1.47. The van der Waals surface area contributed by atoms with Crippen LogP contribution in [0.1, 0.15) is 0 Å². The van der Waals surface area contributed by atoms with E-state index in [1.54, 1.807) is 18.6 Å². The van der Waals surface area contributed by atoms with E-state index in [0.29, 0.717) is 21.3 Å². The molecule has 3 aromatic rings. The Balaban J connectivity index is 2.00. The first-order chi connectivity index (χ1) is 9.15. The number of imidazole rings is 2. The standard InChI is InChI=1S/C12H10BrFN4S/c13-8-5-11-10(6-9(8)14)16-12(19)18(11)4-3-17-2-1-15-7-17/h1-2,5-7H,3-4H2,(H,16,19). The molecule has 0 spiro atoms. The van der Waals surface area contributed by atoms with Crippen molar-refractivity contribution in [1.29, 1.82) is 0 Å². The number of aromatic nitrogens is 4. The number of H-pyrrole nitrogens is 1. The van der Waals surface area contributed by atoms with Gasteiger partial charge in [0.15, 0.2) is 4.77 Å². The summed E-state index contributed by atoms with van der Waals surface area (Å²) in [7, 11) is 0. The molecule has 7 heteroatoms. The minimum absolute atomic E-state index is 0.300. The molecule has 98 valence electrons.